The lowest BCUT2D eigenvalue weighted by Gasteiger charge is -1.85. The molecule has 3 nitrogen and oxygen atoms in total. The molecule has 1 N–H and O–H groups in total. The molecule has 0 saturated heterocycles. The topological polar surface area (TPSA) is 54.4 Å². The Morgan fingerprint density at radius 1 is 1.50 bits per heavy atom. The number of carboxylic acids is 1. The molecule has 0 aromatic carbocycles. The van der Waals surface area contributed by atoms with Crippen LogP contribution in [0.15, 0.2) is 12.7 Å². The zero-order valence-corrected chi connectivity index (χ0v) is 7.45. The molecule has 0 saturated carbocycles. The number of carboxylic acid groups (broad SMARTS) is 1. The third kappa shape index (κ3) is 23.2. The number of hydrogen-bond donors (Lipinski definition) is 1. The second kappa shape index (κ2) is 12.5. The number of aldehydes is 1. The Hall–Kier alpha value is -1.12. The summed E-state index contributed by atoms with van der Waals surface area (Å²) in [6.07, 6.45) is 6.02. The second-order valence-electron chi connectivity index (χ2n) is 2.20. The monoisotopic (exact) mass is 172 g/mol. The van der Waals surface area contributed by atoms with Gasteiger partial charge in [-0.25, -0.2) is 4.79 Å². The number of unbranched alkanes of at least 4 members (excludes halogenated alkanes) is 3. The van der Waals surface area contributed by atoms with Crippen LogP contribution in [0.4, 0.5) is 0 Å². The first-order chi connectivity index (χ1) is 5.68. The van der Waals surface area contributed by atoms with Gasteiger partial charge in [-0.05, 0) is 6.42 Å². The molecule has 0 unspecified atom stereocenters. The van der Waals surface area contributed by atoms with Crippen molar-refractivity contribution in [3.05, 3.63) is 12.7 Å². The lowest BCUT2D eigenvalue weighted by molar-refractivity contribution is -0.131. The molecule has 0 bridgehead atoms. The molecule has 12 heavy (non-hydrogen) atoms. The van der Waals surface area contributed by atoms with Crippen molar-refractivity contribution < 1.29 is 14.7 Å². The van der Waals surface area contributed by atoms with Crippen molar-refractivity contribution in [2.45, 2.75) is 32.6 Å². The van der Waals surface area contributed by atoms with Gasteiger partial charge < -0.3 is 9.90 Å². The highest BCUT2D eigenvalue weighted by Gasteiger charge is 1.80. The van der Waals surface area contributed by atoms with Gasteiger partial charge in [-0.3, -0.25) is 0 Å². The Labute approximate surface area is 73.1 Å². The first kappa shape index (κ1) is 13.5. The molecular weight excluding hydrogens is 156 g/mol. The van der Waals surface area contributed by atoms with Gasteiger partial charge >= 0.3 is 5.97 Å². The maximum Gasteiger partial charge on any atom is 0.327 e. The number of hydrogen-bond acceptors (Lipinski definition) is 2. The predicted octanol–water partition coefficient (Wildman–Crippen LogP) is 2.02. The molecule has 0 heterocycles. The van der Waals surface area contributed by atoms with E-state index in [9.17, 15) is 9.59 Å². The average molecular weight is 172 g/mol. The van der Waals surface area contributed by atoms with Crippen molar-refractivity contribution in [2.24, 2.45) is 0 Å². The normalized spacial score (nSPS) is 7.75. The number of aliphatic carboxylic acids is 1. The fourth-order valence-electron chi connectivity index (χ4n) is 0.478. The van der Waals surface area contributed by atoms with Gasteiger partial charge in [0, 0.05) is 12.5 Å². The van der Waals surface area contributed by atoms with Gasteiger partial charge in [-0.2, -0.15) is 0 Å². The Balaban J connectivity index is 0. The largest absolute Gasteiger partial charge is 0.478 e. The summed E-state index contributed by atoms with van der Waals surface area (Å²) in [6, 6.07) is 0. The molecule has 0 amide bonds. The number of rotatable bonds is 5. The van der Waals surface area contributed by atoms with Crippen molar-refractivity contribution in [1.29, 1.82) is 0 Å². The lowest BCUT2D eigenvalue weighted by Crippen LogP contribution is -1.82. The van der Waals surface area contributed by atoms with Crippen molar-refractivity contribution in [2.75, 3.05) is 0 Å². The Kier molecular flexibility index (Phi) is 14.1. The molecule has 0 aromatic heterocycles. The Morgan fingerprint density at radius 3 is 2.25 bits per heavy atom. The summed E-state index contributed by atoms with van der Waals surface area (Å²) in [6.45, 7) is 5.09. The van der Waals surface area contributed by atoms with Crippen LogP contribution in [-0.4, -0.2) is 17.4 Å². The molecule has 3 heteroatoms. The van der Waals surface area contributed by atoms with Gasteiger partial charge in [0.2, 0.25) is 0 Å². The average Bonchev–Trinajstić information content (AvgIpc) is 2.07. The van der Waals surface area contributed by atoms with Crippen molar-refractivity contribution >= 4 is 12.3 Å². The summed E-state index contributed by atoms with van der Waals surface area (Å²) < 4.78 is 0. The van der Waals surface area contributed by atoms with E-state index in [0.29, 0.717) is 0 Å². The van der Waals surface area contributed by atoms with E-state index in [1.54, 1.807) is 0 Å². The quantitative estimate of drug-likeness (QED) is 0.392. The van der Waals surface area contributed by atoms with Crippen molar-refractivity contribution in [3.8, 4) is 0 Å². The van der Waals surface area contributed by atoms with E-state index < -0.39 is 5.97 Å². The molecule has 0 fully saturated rings. The summed E-state index contributed by atoms with van der Waals surface area (Å²) in [5, 5.41) is 7.60. The molecule has 0 aromatic rings. The van der Waals surface area contributed by atoms with E-state index in [2.05, 4.69) is 13.5 Å². The van der Waals surface area contributed by atoms with Gasteiger partial charge in [0.05, 0.1) is 0 Å². The highest BCUT2D eigenvalue weighted by atomic mass is 16.4. The van der Waals surface area contributed by atoms with Crippen molar-refractivity contribution in [3.63, 3.8) is 0 Å². The summed E-state index contributed by atoms with van der Waals surface area (Å²) in [5.41, 5.74) is 0. The van der Waals surface area contributed by atoms with E-state index >= 15 is 0 Å². The maximum atomic E-state index is 9.68. The Bertz CT molecular complexity index is 130. The summed E-state index contributed by atoms with van der Waals surface area (Å²) >= 11 is 0. The minimum atomic E-state index is -0.981. The molecule has 0 atom stereocenters. The van der Waals surface area contributed by atoms with Gasteiger partial charge in [-0.15, -0.1) is 0 Å². The SMILES string of the molecule is C=CC(=O)O.CCCCCC=O. The molecule has 0 aliphatic carbocycles. The van der Waals surface area contributed by atoms with Gasteiger partial charge in [0.1, 0.15) is 6.29 Å². The maximum absolute atomic E-state index is 9.68. The summed E-state index contributed by atoms with van der Waals surface area (Å²) in [7, 11) is 0. The van der Waals surface area contributed by atoms with Crippen LogP contribution < -0.4 is 0 Å². The van der Waals surface area contributed by atoms with Crippen LogP contribution >= 0.6 is 0 Å². The molecule has 70 valence electrons. The zero-order valence-electron chi connectivity index (χ0n) is 7.45. The fourth-order valence-corrected chi connectivity index (χ4v) is 0.478. The van der Waals surface area contributed by atoms with Gasteiger partial charge in [0.25, 0.3) is 0 Å². The highest BCUT2D eigenvalue weighted by molar-refractivity contribution is 5.78. The standard InChI is InChI=1S/C6H12O.C3H4O2/c1-2-3-4-5-6-7;1-2-3(4)5/h6H,2-5H2,1H3;2H,1H2,(H,4,5). The second-order valence-corrected chi connectivity index (χ2v) is 2.20. The van der Waals surface area contributed by atoms with Crippen molar-refractivity contribution in [1.82, 2.24) is 0 Å². The van der Waals surface area contributed by atoms with E-state index in [0.717, 1.165) is 25.2 Å². The van der Waals surface area contributed by atoms with E-state index in [1.807, 2.05) is 0 Å². The van der Waals surface area contributed by atoms with E-state index in [-0.39, 0.29) is 0 Å². The minimum absolute atomic E-state index is 0.744. The Morgan fingerprint density at radius 2 is 2.00 bits per heavy atom. The van der Waals surface area contributed by atoms with Crippen LogP contribution in [0.5, 0.6) is 0 Å². The van der Waals surface area contributed by atoms with Gasteiger partial charge in [-0.1, -0.05) is 26.3 Å². The summed E-state index contributed by atoms with van der Waals surface area (Å²) in [5.74, 6) is -0.981. The molecule has 0 aliphatic heterocycles. The minimum Gasteiger partial charge on any atom is -0.478 e. The first-order valence-electron chi connectivity index (χ1n) is 3.98. The highest BCUT2D eigenvalue weighted by Crippen LogP contribution is 1.94. The number of carbonyl (C=O) groups excluding carboxylic acids is 1. The summed E-state index contributed by atoms with van der Waals surface area (Å²) in [4.78, 5) is 18.9. The van der Waals surface area contributed by atoms with E-state index in [4.69, 9.17) is 5.11 Å². The van der Waals surface area contributed by atoms with Crippen LogP contribution in [0, 0.1) is 0 Å². The van der Waals surface area contributed by atoms with Crippen LogP contribution in [-0.2, 0) is 9.59 Å². The van der Waals surface area contributed by atoms with Crippen LogP contribution in [0.3, 0.4) is 0 Å². The molecule has 0 spiro atoms. The smallest absolute Gasteiger partial charge is 0.327 e. The third-order valence-electron chi connectivity index (χ3n) is 1.10. The lowest BCUT2D eigenvalue weighted by atomic mass is 10.2. The zero-order chi connectivity index (χ0) is 9.82. The third-order valence-corrected chi connectivity index (χ3v) is 1.10. The molecule has 0 rings (SSSR count). The number of carbonyl (C=O) groups is 2. The van der Waals surface area contributed by atoms with Gasteiger partial charge in [0.15, 0.2) is 0 Å². The van der Waals surface area contributed by atoms with Crippen LogP contribution in [0.1, 0.15) is 32.6 Å². The van der Waals surface area contributed by atoms with Crippen LogP contribution in [0.2, 0.25) is 0 Å². The molecule has 0 aliphatic rings. The molecular formula is C9H16O3. The first-order valence-corrected chi connectivity index (χ1v) is 3.98. The van der Waals surface area contributed by atoms with Crippen LogP contribution in [0.25, 0.3) is 0 Å². The fraction of sp³-hybridized carbons (Fsp3) is 0.556. The molecule has 0 radical (unpaired) electrons. The predicted molar refractivity (Wildman–Crippen MR) is 48.0 cm³/mol. The van der Waals surface area contributed by atoms with E-state index in [1.165, 1.54) is 12.8 Å².